The summed E-state index contributed by atoms with van der Waals surface area (Å²) in [6.45, 7) is 7.90. The molecule has 0 saturated carbocycles. The summed E-state index contributed by atoms with van der Waals surface area (Å²) in [6.07, 6.45) is 3.13. The first kappa shape index (κ1) is 13.5. The molecule has 1 aromatic rings. The van der Waals surface area contributed by atoms with E-state index in [1.54, 1.807) is 0 Å². The predicted octanol–water partition coefficient (Wildman–Crippen LogP) is 0.809. The summed E-state index contributed by atoms with van der Waals surface area (Å²) in [6, 6.07) is 6.11. The average Bonchev–Trinajstić information content (AvgIpc) is 2.66. The molecule has 1 aliphatic rings. The highest BCUT2D eigenvalue weighted by Gasteiger charge is 2.09. The first-order valence-corrected chi connectivity index (χ1v) is 6.86. The van der Waals surface area contributed by atoms with E-state index in [9.17, 15) is 0 Å². The van der Waals surface area contributed by atoms with Gasteiger partial charge in [-0.3, -0.25) is 9.88 Å². The highest BCUT2D eigenvalue weighted by Crippen LogP contribution is 2.00. The van der Waals surface area contributed by atoms with Crippen molar-refractivity contribution in [2.24, 2.45) is 0 Å². The van der Waals surface area contributed by atoms with Crippen molar-refractivity contribution in [2.45, 2.75) is 13.0 Å². The van der Waals surface area contributed by atoms with Gasteiger partial charge in [-0.05, 0) is 38.7 Å². The van der Waals surface area contributed by atoms with E-state index in [4.69, 9.17) is 0 Å². The van der Waals surface area contributed by atoms with Crippen LogP contribution in [0.1, 0.15) is 12.1 Å². The molecular formula is C14H24N4. The van der Waals surface area contributed by atoms with Gasteiger partial charge in [0.15, 0.2) is 0 Å². The largest absolute Gasteiger partial charge is 0.315 e. The van der Waals surface area contributed by atoms with Crippen molar-refractivity contribution >= 4 is 0 Å². The van der Waals surface area contributed by atoms with Gasteiger partial charge in [0.05, 0.1) is 5.69 Å². The van der Waals surface area contributed by atoms with Gasteiger partial charge in [-0.1, -0.05) is 6.07 Å². The molecule has 0 radical (unpaired) electrons. The lowest BCUT2D eigenvalue weighted by Gasteiger charge is -2.23. The monoisotopic (exact) mass is 248 g/mol. The number of pyridine rings is 1. The van der Waals surface area contributed by atoms with Crippen LogP contribution in [-0.4, -0.2) is 61.1 Å². The SMILES string of the molecule is CN(CCN1CCCNCC1)Cc1ccccn1. The molecule has 0 aromatic carbocycles. The zero-order valence-electron chi connectivity index (χ0n) is 11.3. The van der Waals surface area contributed by atoms with Gasteiger partial charge in [-0.15, -0.1) is 0 Å². The van der Waals surface area contributed by atoms with Gasteiger partial charge < -0.3 is 10.2 Å². The standard InChI is InChI=1S/C14H24N4/c1-17(13-14-5-2-3-7-16-14)11-12-18-9-4-6-15-8-10-18/h2-3,5,7,15H,4,6,8-13H2,1H3. The van der Waals surface area contributed by atoms with Crippen LogP contribution in [-0.2, 0) is 6.54 Å². The van der Waals surface area contributed by atoms with E-state index >= 15 is 0 Å². The molecule has 1 N–H and O–H groups in total. The van der Waals surface area contributed by atoms with E-state index in [1.165, 1.54) is 26.1 Å². The molecule has 1 aliphatic heterocycles. The Bertz CT molecular complexity index is 320. The van der Waals surface area contributed by atoms with Crippen molar-refractivity contribution in [3.63, 3.8) is 0 Å². The smallest absolute Gasteiger partial charge is 0.0543 e. The lowest BCUT2D eigenvalue weighted by molar-refractivity contribution is 0.230. The van der Waals surface area contributed by atoms with Gasteiger partial charge in [0, 0.05) is 38.9 Å². The number of aromatic nitrogens is 1. The van der Waals surface area contributed by atoms with Crippen LogP contribution in [0.25, 0.3) is 0 Å². The molecule has 0 bridgehead atoms. The lowest BCUT2D eigenvalue weighted by atomic mass is 10.3. The molecule has 0 unspecified atom stereocenters. The zero-order chi connectivity index (χ0) is 12.6. The van der Waals surface area contributed by atoms with Gasteiger partial charge in [-0.2, -0.15) is 0 Å². The number of nitrogens with zero attached hydrogens (tertiary/aromatic N) is 3. The molecule has 2 heterocycles. The summed E-state index contributed by atoms with van der Waals surface area (Å²) in [5.74, 6) is 0. The summed E-state index contributed by atoms with van der Waals surface area (Å²) < 4.78 is 0. The summed E-state index contributed by atoms with van der Waals surface area (Å²) in [7, 11) is 2.17. The fourth-order valence-electron chi connectivity index (χ4n) is 2.28. The minimum atomic E-state index is 0.937. The van der Waals surface area contributed by atoms with Gasteiger partial charge in [0.1, 0.15) is 0 Å². The molecule has 0 atom stereocenters. The molecule has 2 rings (SSSR count). The van der Waals surface area contributed by atoms with Crippen LogP contribution in [0.3, 0.4) is 0 Å². The van der Waals surface area contributed by atoms with Gasteiger partial charge in [-0.25, -0.2) is 0 Å². The third-order valence-corrected chi connectivity index (χ3v) is 3.39. The maximum Gasteiger partial charge on any atom is 0.0543 e. The normalized spacial score (nSPS) is 17.9. The van der Waals surface area contributed by atoms with Crippen LogP contribution >= 0.6 is 0 Å². The Labute approximate surface area is 110 Å². The molecule has 1 saturated heterocycles. The Kier molecular flexibility index (Phi) is 5.58. The second-order valence-electron chi connectivity index (χ2n) is 5.00. The molecule has 100 valence electrons. The number of hydrogen-bond donors (Lipinski definition) is 1. The Hall–Kier alpha value is -0.970. The summed E-state index contributed by atoms with van der Waals surface area (Å²) in [5, 5.41) is 3.44. The second kappa shape index (κ2) is 7.46. The number of hydrogen-bond acceptors (Lipinski definition) is 4. The van der Waals surface area contributed by atoms with E-state index in [2.05, 4.69) is 39.3 Å². The zero-order valence-corrected chi connectivity index (χ0v) is 11.3. The number of nitrogens with one attached hydrogen (secondary N) is 1. The number of rotatable bonds is 5. The van der Waals surface area contributed by atoms with Crippen molar-refractivity contribution in [1.82, 2.24) is 20.1 Å². The molecule has 18 heavy (non-hydrogen) atoms. The first-order valence-electron chi connectivity index (χ1n) is 6.86. The summed E-state index contributed by atoms with van der Waals surface area (Å²) >= 11 is 0. The lowest BCUT2D eigenvalue weighted by Crippen LogP contribution is -2.35. The van der Waals surface area contributed by atoms with Crippen molar-refractivity contribution in [3.8, 4) is 0 Å². The highest BCUT2D eigenvalue weighted by molar-refractivity contribution is 5.02. The third kappa shape index (κ3) is 4.72. The average molecular weight is 248 g/mol. The van der Waals surface area contributed by atoms with Crippen molar-refractivity contribution in [1.29, 1.82) is 0 Å². The van der Waals surface area contributed by atoms with Crippen LogP contribution in [0.15, 0.2) is 24.4 Å². The fourth-order valence-corrected chi connectivity index (χ4v) is 2.28. The molecule has 1 aromatic heterocycles. The maximum atomic E-state index is 4.36. The third-order valence-electron chi connectivity index (χ3n) is 3.39. The van der Waals surface area contributed by atoms with E-state index in [0.717, 1.165) is 31.9 Å². The highest BCUT2D eigenvalue weighted by atomic mass is 15.2. The van der Waals surface area contributed by atoms with Crippen LogP contribution in [0, 0.1) is 0 Å². The molecule has 0 spiro atoms. The van der Waals surface area contributed by atoms with E-state index in [-0.39, 0.29) is 0 Å². The molecular weight excluding hydrogens is 224 g/mol. The molecule has 1 fully saturated rings. The predicted molar refractivity (Wildman–Crippen MR) is 74.5 cm³/mol. The first-order chi connectivity index (χ1) is 8.84. The molecule has 4 nitrogen and oxygen atoms in total. The summed E-state index contributed by atoms with van der Waals surface area (Å²) in [4.78, 5) is 9.26. The van der Waals surface area contributed by atoms with Crippen LogP contribution in [0.5, 0.6) is 0 Å². The topological polar surface area (TPSA) is 31.4 Å². The van der Waals surface area contributed by atoms with Crippen LogP contribution in [0.2, 0.25) is 0 Å². The van der Waals surface area contributed by atoms with Crippen molar-refractivity contribution in [3.05, 3.63) is 30.1 Å². The van der Waals surface area contributed by atoms with Crippen LogP contribution < -0.4 is 5.32 Å². The second-order valence-corrected chi connectivity index (χ2v) is 5.00. The van der Waals surface area contributed by atoms with Gasteiger partial charge in [0.2, 0.25) is 0 Å². The van der Waals surface area contributed by atoms with Gasteiger partial charge in [0.25, 0.3) is 0 Å². The molecule has 0 amide bonds. The van der Waals surface area contributed by atoms with E-state index in [0.29, 0.717) is 0 Å². The minimum absolute atomic E-state index is 0.937. The Morgan fingerprint density at radius 2 is 2.28 bits per heavy atom. The molecule has 0 aliphatic carbocycles. The maximum absolute atomic E-state index is 4.36. The van der Waals surface area contributed by atoms with Gasteiger partial charge >= 0.3 is 0 Å². The minimum Gasteiger partial charge on any atom is -0.315 e. The van der Waals surface area contributed by atoms with E-state index in [1.807, 2.05) is 12.3 Å². The number of likely N-dealkylation sites (N-methyl/N-ethyl adjacent to an activating group) is 1. The van der Waals surface area contributed by atoms with Crippen molar-refractivity contribution < 1.29 is 0 Å². The fraction of sp³-hybridized carbons (Fsp3) is 0.643. The quantitative estimate of drug-likeness (QED) is 0.835. The molecule has 4 heteroatoms. The van der Waals surface area contributed by atoms with Crippen molar-refractivity contribution in [2.75, 3.05) is 46.3 Å². The van der Waals surface area contributed by atoms with E-state index < -0.39 is 0 Å². The van der Waals surface area contributed by atoms with Crippen LogP contribution in [0.4, 0.5) is 0 Å². The summed E-state index contributed by atoms with van der Waals surface area (Å²) in [5.41, 5.74) is 1.15. The Balaban J connectivity index is 1.69. The Morgan fingerprint density at radius 1 is 1.33 bits per heavy atom. The Morgan fingerprint density at radius 3 is 3.11 bits per heavy atom.